The van der Waals surface area contributed by atoms with Crippen LogP contribution in [0.2, 0.25) is 0 Å². The van der Waals surface area contributed by atoms with Gasteiger partial charge in [-0.25, -0.2) is 0 Å². The highest BCUT2D eigenvalue weighted by Gasteiger charge is 2.11. The Morgan fingerprint density at radius 1 is 1.27 bits per heavy atom. The molecule has 0 aliphatic carbocycles. The standard InChI is InChI=1S/C10H15BO3S/c1-2-3-8-15(14)10-6-4-9(5-7-10)11(12)13/h4-7,12-13H,2-3,8H2,1H3/t15-/m1/s1. The third-order valence-electron chi connectivity index (χ3n) is 2.12. The van der Waals surface area contributed by atoms with Crippen LogP contribution in [0.3, 0.4) is 0 Å². The molecule has 0 unspecified atom stereocenters. The fraction of sp³-hybridized carbons (Fsp3) is 0.400. The molecule has 0 saturated heterocycles. The Balaban J connectivity index is 2.67. The van der Waals surface area contributed by atoms with Gasteiger partial charge in [-0.3, -0.25) is 4.21 Å². The molecule has 0 radical (unpaired) electrons. The highest BCUT2D eigenvalue weighted by molar-refractivity contribution is 7.85. The molecule has 1 atom stereocenters. The van der Waals surface area contributed by atoms with Gasteiger partial charge in [0.25, 0.3) is 0 Å². The van der Waals surface area contributed by atoms with Gasteiger partial charge in [0.1, 0.15) is 0 Å². The molecule has 1 rings (SSSR count). The molecule has 0 bridgehead atoms. The molecule has 0 amide bonds. The van der Waals surface area contributed by atoms with Crippen LogP contribution in [0.1, 0.15) is 19.8 Å². The van der Waals surface area contributed by atoms with Crippen LogP contribution < -0.4 is 5.46 Å². The Morgan fingerprint density at radius 3 is 2.33 bits per heavy atom. The van der Waals surface area contributed by atoms with E-state index in [9.17, 15) is 4.21 Å². The maximum absolute atomic E-state index is 11.7. The zero-order valence-electron chi connectivity index (χ0n) is 8.72. The molecule has 0 fully saturated rings. The summed E-state index contributed by atoms with van der Waals surface area (Å²) in [5.74, 6) is 0.664. The fourth-order valence-electron chi connectivity index (χ4n) is 1.19. The molecule has 0 saturated carbocycles. The van der Waals surface area contributed by atoms with E-state index in [1.165, 1.54) is 0 Å². The minimum Gasteiger partial charge on any atom is -0.423 e. The lowest BCUT2D eigenvalue weighted by Gasteiger charge is -2.03. The Kier molecular flexibility index (Phi) is 5.01. The summed E-state index contributed by atoms with van der Waals surface area (Å²) in [5, 5.41) is 17.7. The molecule has 0 aliphatic heterocycles. The zero-order valence-corrected chi connectivity index (χ0v) is 9.54. The second-order valence-corrected chi connectivity index (χ2v) is 4.92. The van der Waals surface area contributed by atoms with E-state index in [4.69, 9.17) is 10.0 Å². The third kappa shape index (κ3) is 3.78. The van der Waals surface area contributed by atoms with Gasteiger partial charge in [-0.2, -0.15) is 0 Å². The van der Waals surface area contributed by atoms with E-state index in [-0.39, 0.29) is 0 Å². The first-order valence-electron chi connectivity index (χ1n) is 4.99. The van der Waals surface area contributed by atoms with Crippen LogP contribution in [0.25, 0.3) is 0 Å². The number of hydrogen-bond donors (Lipinski definition) is 2. The van der Waals surface area contributed by atoms with Crippen molar-refractivity contribution in [3.8, 4) is 0 Å². The summed E-state index contributed by atoms with van der Waals surface area (Å²) in [4.78, 5) is 0.743. The van der Waals surface area contributed by atoms with Crippen LogP contribution in [0.15, 0.2) is 29.2 Å². The average molecular weight is 226 g/mol. The molecule has 0 spiro atoms. The van der Waals surface area contributed by atoms with E-state index >= 15 is 0 Å². The fourth-order valence-corrected chi connectivity index (χ4v) is 2.41. The normalized spacial score (nSPS) is 12.5. The molecule has 15 heavy (non-hydrogen) atoms. The van der Waals surface area contributed by atoms with Gasteiger partial charge in [0.05, 0.1) is 10.8 Å². The van der Waals surface area contributed by atoms with Crippen LogP contribution in [-0.4, -0.2) is 27.1 Å². The van der Waals surface area contributed by atoms with E-state index < -0.39 is 17.9 Å². The topological polar surface area (TPSA) is 57.5 Å². The van der Waals surface area contributed by atoms with Crippen molar-refractivity contribution in [1.82, 2.24) is 0 Å². The van der Waals surface area contributed by atoms with E-state index in [2.05, 4.69) is 6.92 Å². The summed E-state index contributed by atoms with van der Waals surface area (Å²) in [5.41, 5.74) is 0.422. The van der Waals surface area contributed by atoms with Gasteiger partial charge in [-0.15, -0.1) is 0 Å². The Hall–Kier alpha value is -0.645. The number of rotatable bonds is 5. The van der Waals surface area contributed by atoms with Crippen molar-refractivity contribution < 1.29 is 14.3 Å². The van der Waals surface area contributed by atoms with Gasteiger partial charge in [0.15, 0.2) is 0 Å². The molecule has 0 aromatic heterocycles. The maximum Gasteiger partial charge on any atom is 0.488 e. The van der Waals surface area contributed by atoms with E-state index in [1.807, 2.05) is 0 Å². The van der Waals surface area contributed by atoms with Gasteiger partial charge in [-0.05, 0) is 24.0 Å². The summed E-state index contributed by atoms with van der Waals surface area (Å²) in [7, 11) is -2.42. The molecule has 0 aliphatic rings. The lowest BCUT2D eigenvalue weighted by atomic mass is 9.81. The van der Waals surface area contributed by atoms with Crippen molar-refractivity contribution in [2.75, 3.05) is 5.75 Å². The molecule has 2 N–H and O–H groups in total. The largest absolute Gasteiger partial charge is 0.488 e. The SMILES string of the molecule is CCCC[S@@](=O)c1ccc(B(O)O)cc1. The molecule has 0 heterocycles. The highest BCUT2D eigenvalue weighted by atomic mass is 32.2. The van der Waals surface area contributed by atoms with E-state index in [1.54, 1.807) is 24.3 Å². The smallest absolute Gasteiger partial charge is 0.423 e. The first kappa shape index (κ1) is 12.4. The lowest BCUT2D eigenvalue weighted by Crippen LogP contribution is -2.29. The van der Waals surface area contributed by atoms with Crippen molar-refractivity contribution in [3.05, 3.63) is 24.3 Å². The van der Waals surface area contributed by atoms with Crippen molar-refractivity contribution in [2.24, 2.45) is 0 Å². The van der Waals surface area contributed by atoms with Gasteiger partial charge >= 0.3 is 7.12 Å². The average Bonchev–Trinajstić information content (AvgIpc) is 2.26. The molecule has 82 valence electrons. The van der Waals surface area contributed by atoms with Gasteiger partial charge < -0.3 is 10.0 Å². The Labute approximate surface area is 92.7 Å². The summed E-state index contributed by atoms with van der Waals surface area (Å²) in [6.07, 6.45) is 1.97. The van der Waals surface area contributed by atoms with Gasteiger partial charge in [-0.1, -0.05) is 25.5 Å². The summed E-state index contributed by atoms with van der Waals surface area (Å²) in [6.45, 7) is 2.06. The molecule has 1 aromatic carbocycles. The van der Waals surface area contributed by atoms with Crippen molar-refractivity contribution in [1.29, 1.82) is 0 Å². The highest BCUT2D eigenvalue weighted by Crippen LogP contribution is 2.06. The molecule has 5 heteroatoms. The Morgan fingerprint density at radius 2 is 1.87 bits per heavy atom. The van der Waals surface area contributed by atoms with E-state index in [0.29, 0.717) is 11.2 Å². The zero-order chi connectivity index (χ0) is 11.3. The first-order valence-corrected chi connectivity index (χ1v) is 6.31. The predicted molar refractivity (Wildman–Crippen MR) is 62.5 cm³/mol. The van der Waals surface area contributed by atoms with Crippen LogP contribution in [-0.2, 0) is 10.8 Å². The van der Waals surface area contributed by atoms with Crippen molar-refractivity contribution in [3.63, 3.8) is 0 Å². The monoisotopic (exact) mass is 226 g/mol. The Bertz CT molecular complexity index is 324. The minimum atomic E-state index is -1.46. The molecule has 3 nitrogen and oxygen atoms in total. The van der Waals surface area contributed by atoms with Crippen molar-refractivity contribution >= 4 is 23.4 Å². The predicted octanol–water partition coefficient (Wildman–Crippen LogP) is 0.274. The van der Waals surface area contributed by atoms with Crippen LogP contribution in [0, 0.1) is 0 Å². The van der Waals surface area contributed by atoms with Crippen LogP contribution in [0.4, 0.5) is 0 Å². The molecular formula is C10H15BO3S. The lowest BCUT2D eigenvalue weighted by molar-refractivity contribution is 0.425. The van der Waals surface area contributed by atoms with Crippen LogP contribution in [0.5, 0.6) is 0 Å². The maximum atomic E-state index is 11.7. The minimum absolute atomic E-state index is 0.422. The van der Waals surface area contributed by atoms with Crippen molar-refractivity contribution in [2.45, 2.75) is 24.7 Å². The van der Waals surface area contributed by atoms with Crippen LogP contribution >= 0.6 is 0 Å². The molecular weight excluding hydrogens is 211 g/mol. The second kappa shape index (κ2) is 6.05. The summed E-state index contributed by atoms with van der Waals surface area (Å²) >= 11 is 0. The number of unbranched alkanes of at least 4 members (excludes halogenated alkanes) is 1. The molecule has 1 aromatic rings. The van der Waals surface area contributed by atoms with E-state index in [0.717, 1.165) is 17.7 Å². The third-order valence-corrected chi connectivity index (χ3v) is 3.58. The quantitative estimate of drug-likeness (QED) is 0.708. The first-order chi connectivity index (χ1) is 7.15. The number of benzene rings is 1. The number of hydrogen-bond acceptors (Lipinski definition) is 3. The summed E-state index contributed by atoms with van der Waals surface area (Å²) in [6, 6.07) is 6.54. The van der Waals surface area contributed by atoms with Gasteiger partial charge in [0.2, 0.25) is 0 Å². The second-order valence-electron chi connectivity index (χ2n) is 3.35. The summed E-state index contributed by atoms with van der Waals surface area (Å²) < 4.78 is 11.7. The van der Waals surface area contributed by atoms with Gasteiger partial charge in [0, 0.05) is 10.6 Å².